The van der Waals surface area contributed by atoms with E-state index in [9.17, 15) is 19.8 Å². The topological polar surface area (TPSA) is 179 Å². The van der Waals surface area contributed by atoms with Crippen LogP contribution in [0.15, 0.2) is 54.6 Å². The summed E-state index contributed by atoms with van der Waals surface area (Å²) >= 11 is 0. The molecule has 326 valence electrons. The Morgan fingerprint density at radius 1 is 0.934 bits per heavy atom. The molecule has 0 radical (unpaired) electrons. The molecule has 3 aromatic carbocycles. The molecule has 3 N–H and O–H groups in total. The molecule has 15 nitrogen and oxygen atoms in total. The van der Waals surface area contributed by atoms with E-state index in [4.69, 9.17) is 47.4 Å². The Balaban J connectivity index is 0.972. The van der Waals surface area contributed by atoms with Crippen LogP contribution in [-0.4, -0.2) is 99.4 Å². The number of fused-ring (bicyclic) bond motifs is 4. The van der Waals surface area contributed by atoms with E-state index in [1.807, 2.05) is 36.4 Å². The number of ether oxygens (including phenoxy) is 10. The van der Waals surface area contributed by atoms with Crippen LogP contribution < -0.4 is 29.0 Å². The van der Waals surface area contributed by atoms with Crippen LogP contribution >= 0.6 is 0 Å². The van der Waals surface area contributed by atoms with Crippen molar-refractivity contribution in [2.45, 2.75) is 107 Å². The normalized spacial score (nSPS) is 30.1. The Morgan fingerprint density at radius 3 is 2.52 bits per heavy atom. The van der Waals surface area contributed by atoms with Gasteiger partial charge < -0.3 is 57.6 Å². The van der Waals surface area contributed by atoms with Crippen LogP contribution in [0.5, 0.6) is 28.7 Å². The number of methoxy groups -OCH3 is 2. The predicted octanol–water partition coefficient (Wildman–Crippen LogP) is 5.72. The highest BCUT2D eigenvalue weighted by molar-refractivity contribution is 5.84. The summed E-state index contributed by atoms with van der Waals surface area (Å²) in [5.74, 6) is 0.764. The number of hydrogen-bond donors (Lipinski definition) is 3. The SMILES string of the molecule is COc1cc([C@@H]2c3cc4c(c(C[C@@H]5O[C@@H]6COC(C)O[C@H]6[C@H](O)[C@H]5O)c3C[C@H]3COC(=O)C32)OCO4)cc(OC)c1OCc1ccc(NC(=O)OC2C=CCCCCC2)cc1. The molecule has 4 heterocycles. The van der Waals surface area contributed by atoms with Crippen molar-refractivity contribution in [2.75, 3.05) is 39.5 Å². The van der Waals surface area contributed by atoms with Gasteiger partial charge in [0.25, 0.3) is 0 Å². The van der Waals surface area contributed by atoms with E-state index >= 15 is 0 Å². The molecule has 3 unspecified atom stereocenters. The number of allylic oxidation sites excluding steroid dienone is 1. The maximum absolute atomic E-state index is 13.6. The number of aliphatic hydroxyl groups excluding tert-OH is 2. The van der Waals surface area contributed by atoms with Gasteiger partial charge in [-0.05, 0) is 97.7 Å². The van der Waals surface area contributed by atoms with Gasteiger partial charge in [-0.1, -0.05) is 24.6 Å². The molecule has 10 atom stereocenters. The third-order valence-corrected chi connectivity index (χ3v) is 12.7. The number of carbonyl (C=O) groups excluding carboxylic acids is 2. The first-order chi connectivity index (χ1) is 29.7. The molecule has 4 aliphatic heterocycles. The van der Waals surface area contributed by atoms with E-state index < -0.39 is 54.7 Å². The summed E-state index contributed by atoms with van der Waals surface area (Å²) in [6, 6.07) is 13.0. The summed E-state index contributed by atoms with van der Waals surface area (Å²) in [7, 11) is 3.10. The van der Waals surface area contributed by atoms with Gasteiger partial charge in [0, 0.05) is 29.5 Å². The highest BCUT2D eigenvalue weighted by Crippen LogP contribution is 2.54. The van der Waals surface area contributed by atoms with Gasteiger partial charge >= 0.3 is 12.1 Å². The van der Waals surface area contributed by atoms with E-state index in [1.165, 1.54) is 0 Å². The van der Waals surface area contributed by atoms with Crippen LogP contribution in [0, 0.1) is 11.8 Å². The van der Waals surface area contributed by atoms with Crippen molar-refractivity contribution in [3.63, 3.8) is 0 Å². The molecule has 61 heavy (non-hydrogen) atoms. The summed E-state index contributed by atoms with van der Waals surface area (Å²) in [4.78, 5) is 26.2. The van der Waals surface area contributed by atoms with Crippen molar-refractivity contribution in [3.8, 4) is 28.7 Å². The molecule has 0 spiro atoms. The number of esters is 1. The standard InChI is InChI=1S/C46H53NO14/c1-24-54-22-37-44(59-24)41(49)40(48)33(61-37)19-32-30-15-27-21-56-45(50)39(27)38(31(30)18-36-42(32)58-23-57-36)26-16-34(52-2)43(35(17-26)53-3)55-20-25-11-13-28(14-12-25)47-46(51)60-29-9-7-5-4-6-8-10-29/h7,9,11-14,16-18,24,27,29,33,37-41,44,48-49H,4-6,8,10,15,19-23H2,1-3H3,(H,47,51)/t24?,27-,29?,33-,37+,38+,39?,40-,41+,44+/m0/s1. The quantitative estimate of drug-likeness (QED) is 0.167. The van der Waals surface area contributed by atoms with Crippen molar-refractivity contribution in [3.05, 3.63) is 82.4 Å². The van der Waals surface area contributed by atoms with Crippen LogP contribution in [0.2, 0.25) is 0 Å². The minimum atomic E-state index is -1.25. The van der Waals surface area contributed by atoms with Crippen LogP contribution in [0.1, 0.15) is 72.8 Å². The number of anilines is 1. The van der Waals surface area contributed by atoms with Crippen molar-refractivity contribution in [2.24, 2.45) is 11.8 Å². The van der Waals surface area contributed by atoms with Crippen LogP contribution in [0.4, 0.5) is 10.5 Å². The third-order valence-electron chi connectivity index (χ3n) is 12.7. The molecule has 1 amide bonds. The Kier molecular flexibility index (Phi) is 12.0. The maximum atomic E-state index is 13.6. The van der Waals surface area contributed by atoms with Crippen LogP contribution in [0.3, 0.4) is 0 Å². The molecule has 0 bridgehead atoms. The Bertz CT molecular complexity index is 2100. The Morgan fingerprint density at radius 2 is 1.74 bits per heavy atom. The molecule has 9 rings (SSSR count). The van der Waals surface area contributed by atoms with Gasteiger partial charge in [0.05, 0.1) is 39.5 Å². The van der Waals surface area contributed by atoms with E-state index in [-0.39, 0.29) is 51.0 Å². The van der Waals surface area contributed by atoms with Crippen molar-refractivity contribution < 1.29 is 67.2 Å². The number of rotatable bonds is 10. The lowest BCUT2D eigenvalue weighted by atomic mass is 9.66. The number of amides is 1. The Hall–Kier alpha value is -5.06. The zero-order valence-electron chi connectivity index (χ0n) is 34.5. The van der Waals surface area contributed by atoms with E-state index in [1.54, 1.807) is 33.3 Å². The van der Waals surface area contributed by atoms with Gasteiger partial charge in [0.15, 0.2) is 29.3 Å². The second kappa shape index (κ2) is 17.7. The van der Waals surface area contributed by atoms with E-state index in [0.29, 0.717) is 40.9 Å². The molecule has 15 heteroatoms. The number of nitrogens with one attached hydrogen (secondary N) is 1. The number of cyclic esters (lactones) is 1. The lowest BCUT2D eigenvalue weighted by Crippen LogP contribution is -2.62. The highest BCUT2D eigenvalue weighted by atomic mass is 16.7. The summed E-state index contributed by atoms with van der Waals surface area (Å²) < 4.78 is 59.4. The lowest BCUT2D eigenvalue weighted by Gasteiger charge is -2.46. The molecular formula is C46H53NO14. The minimum Gasteiger partial charge on any atom is -0.493 e. The van der Waals surface area contributed by atoms with Gasteiger partial charge in [-0.25, -0.2) is 4.79 Å². The van der Waals surface area contributed by atoms with Gasteiger partial charge in [-0.2, -0.15) is 0 Å². The molecular weight excluding hydrogens is 790 g/mol. The van der Waals surface area contributed by atoms with Gasteiger partial charge in [-0.15, -0.1) is 0 Å². The zero-order valence-corrected chi connectivity index (χ0v) is 34.5. The molecule has 0 aromatic heterocycles. The van der Waals surface area contributed by atoms with Crippen molar-refractivity contribution in [1.29, 1.82) is 0 Å². The molecule has 2 aliphatic carbocycles. The van der Waals surface area contributed by atoms with Crippen LogP contribution in [-0.2, 0) is 47.9 Å². The molecule has 6 aliphatic rings. The maximum Gasteiger partial charge on any atom is 0.412 e. The fraction of sp³-hybridized carbons (Fsp3) is 0.522. The number of hydrogen-bond acceptors (Lipinski definition) is 14. The minimum absolute atomic E-state index is 0.00343. The van der Waals surface area contributed by atoms with E-state index in [0.717, 1.165) is 59.9 Å². The number of aliphatic hydroxyl groups is 2. The summed E-state index contributed by atoms with van der Waals surface area (Å²) in [5.41, 5.74) is 4.74. The molecule has 0 saturated carbocycles. The largest absolute Gasteiger partial charge is 0.493 e. The summed E-state index contributed by atoms with van der Waals surface area (Å²) in [6.07, 6.45) is 4.07. The zero-order chi connectivity index (χ0) is 42.2. The first kappa shape index (κ1) is 41.3. The lowest BCUT2D eigenvalue weighted by molar-refractivity contribution is -0.320. The second-order valence-electron chi connectivity index (χ2n) is 16.5. The fourth-order valence-corrected chi connectivity index (χ4v) is 9.68. The summed E-state index contributed by atoms with van der Waals surface area (Å²) in [6.45, 7) is 2.37. The van der Waals surface area contributed by atoms with Gasteiger partial charge in [0.1, 0.15) is 37.1 Å². The smallest absolute Gasteiger partial charge is 0.412 e. The summed E-state index contributed by atoms with van der Waals surface area (Å²) in [5, 5.41) is 25.3. The third kappa shape index (κ3) is 8.33. The monoisotopic (exact) mass is 843 g/mol. The molecule has 3 saturated heterocycles. The van der Waals surface area contributed by atoms with Crippen LogP contribution in [0.25, 0.3) is 0 Å². The van der Waals surface area contributed by atoms with Crippen molar-refractivity contribution in [1.82, 2.24) is 0 Å². The average Bonchev–Trinajstić information content (AvgIpc) is 3.88. The second-order valence-corrected chi connectivity index (χ2v) is 16.5. The van der Waals surface area contributed by atoms with Gasteiger partial charge in [0.2, 0.25) is 12.5 Å². The highest BCUT2D eigenvalue weighted by Gasteiger charge is 2.51. The Labute approximate surface area is 354 Å². The first-order valence-electron chi connectivity index (χ1n) is 21.2. The fourth-order valence-electron chi connectivity index (χ4n) is 9.68. The number of benzene rings is 3. The molecule has 3 aromatic rings. The average molecular weight is 844 g/mol. The number of carbonyl (C=O) groups is 2. The van der Waals surface area contributed by atoms with E-state index in [2.05, 4.69) is 11.4 Å². The predicted molar refractivity (Wildman–Crippen MR) is 217 cm³/mol. The first-order valence-corrected chi connectivity index (χ1v) is 21.2. The van der Waals surface area contributed by atoms with Crippen molar-refractivity contribution >= 4 is 17.7 Å². The van der Waals surface area contributed by atoms with Gasteiger partial charge in [-0.3, -0.25) is 10.1 Å². The molecule has 3 fully saturated rings.